The normalized spacial score (nSPS) is 18.9. The fourth-order valence-electron chi connectivity index (χ4n) is 3.53. The van der Waals surface area contributed by atoms with E-state index in [9.17, 15) is 18.0 Å². The highest BCUT2D eigenvalue weighted by Gasteiger charge is 2.28. The SMILES string of the molecule is CN(C)C(=O)c1ccc(NCC2=CCC(c3ccc(F)c(F)c3F)C(N)C2)cc1. The highest BCUT2D eigenvalue weighted by molar-refractivity contribution is 5.94. The van der Waals surface area contributed by atoms with Gasteiger partial charge in [-0.3, -0.25) is 4.79 Å². The summed E-state index contributed by atoms with van der Waals surface area (Å²) < 4.78 is 40.8. The summed E-state index contributed by atoms with van der Waals surface area (Å²) in [5.41, 5.74) is 8.86. The number of anilines is 1. The number of benzene rings is 2. The Balaban J connectivity index is 1.63. The fraction of sp³-hybridized carbons (Fsp3) is 0.318. The number of carbonyl (C=O) groups is 1. The maximum absolute atomic E-state index is 14.1. The first-order valence-corrected chi connectivity index (χ1v) is 9.40. The lowest BCUT2D eigenvalue weighted by atomic mass is 9.80. The molecule has 4 nitrogen and oxygen atoms in total. The quantitative estimate of drug-likeness (QED) is 0.585. The lowest BCUT2D eigenvalue weighted by Gasteiger charge is -2.29. The van der Waals surface area contributed by atoms with Gasteiger partial charge >= 0.3 is 0 Å². The average Bonchev–Trinajstić information content (AvgIpc) is 2.71. The van der Waals surface area contributed by atoms with E-state index in [1.54, 1.807) is 26.2 Å². The predicted molar refractivity (Wildman–Crippen MR) is 107 cm³/mol. The Labute approximate surface area is 168 Å². The Morgan fingerprint density at radius 2 is 1.79 bits per heavy atom. The van der Waals surface area contributed by atoms with Gasteiger partial charge in [-0.15, -0.1) is 0 Å². The summed E-state index contributed by atoms with van der Waals surface area (Å²) in [7, 11) is 3.40. The van der Waals surface area contributed by atoms with Gasteiger partial charge in [0.25, 0.3) is 5.91 Å². The number of carbonyl (C=O) groups excluding carboxylic acids is 1. The molecule has 0 fully saturated rings. The Morgan fingerprint density at radius 1 is 1.10 bits per heavy atom. The smallest absolute Gasteiger partial charge is 0.253 e. The van der Waals surface area contributed by atoms with Gasteiger partial charge in [0.05, 0.1) is 0 Å². The molecule has 2 atom stereocenters. The number of halogens is 3. The maximum Gasteiger partial charge on any atom is 0.253 e. The number of nitrogens with two attached hydrogens (primary N) is 1. The van der Waals surface area contributed by atoms with Crippen LogP contribution in [0, 0.1) is 17.5 Å². The van der Waals surface area contributed by atoms with Crippen molar-refractivity contribution in [2.45, 2.75) is 24.8 Å². The van der Waals surface area contributed by atoms with Crippen LogP contribution in [0.5, 0.6) is 0 Å². The first-order chi connectivity index (χ1) is 13.8. The standard InChI is InChI=1S/C22H24F3N3O/c1-28(2)22(29)14-4-6-15(7-5-14)27-12-13-3-8-16(19(26)11-13)17-9-10-18(23)21(25)20(17)24/h3-7,9-10,16,19,27H,8,11-12,26H2,1-2H3. The Kier molecular flexibility index (Phi) is 6.27. The molecule has 0 aromatic heterocycles. The van der Waals surface area contributed by atoms with Crippen molar-refractivity contribution < 1.29 is 18.0 Å². The van der Waals surface area contributed by atoms with E-state index in [-0.39, 0.29) is 11.5 Å². The average molecular weight is 403 g/mol. The minimum atomic E-state index is -1.46. The van der Waals surface area contributed by atoms with Crippen molar-refractivity contribution in [2.75, 3.05) is 26.0 Å². The van der Waals surface area contributed by atoms with Gasteiger partial charge in [-0.1, -0.05) is 17.7 Å². The molecule has 0 saturated heterocycles. The van der Waals surface area contributed by atoms with Crippen LogP contribution in [0.4, 0.5) is 18.9 Å². The lowest BCUT2D eigenvalue weighted by molar-refractivity contribution is 0.0827. The van der Waals surface area contributed by atoms with Crippen molar-refractivity contribution in [3.63, 3.8) is 0 Å². The zero-order valence-electron chi connectivity index (χ0n) is 16.4. The Hall–Kier alpha value is -2.80. The summed E-state index contributed by atoms with van der Waals surface area (Å²) in [4.78, 5) is 13.4. The van der Waals surface area contributed by atoms with E-state index in [0.717, 1.165) is 17.3 Å². The van der Waals surface area contributed by atoms with Crippen LogP contribution in [0.1, 0.15) is 34.7 Å². The third-order valence-electron chi connectivity index (χ3n) is 5.20. The minimum Gasteiger partial charge on any atom is -0.381 e. The lowest BCUT2D eigenvalue weighted by Crippen LogP contribution is -2.33. The number of hydrogen-bond acceptors (Lipinski definition) is 3. The highest BCUT2D eigenvalue weighted by atomic mass is 19.2. The number of nitrogens with zero attached hydrogens (tertiary/aromatic N) is 1. The topological polar surface area (TPSA) is 58.4 Å². The summed E-state index contributed by atoms with van der Waals surface area (Å²) >= 11 is 0. The molecule has 3 rings (SSSR count). The van der Waals surface area contributed by atoms with Crippen molar-refractivity contribution in [3.05, 3.63) is 76.6 Å². The molecule has 154 valence electrons. The molecule has 1 amide bonds. The van der Waals surface area contributed by atoms with Crippen molar-refractivity contribution in [1.29, 1.82) is 0 Å². The van der Waals surface area contributed by atoms with Gasteiger partial charge in [-0.2, -0.15) is 0 Å². The number of rotatable bonds is 5. The van der Waals surface area contributed by atoms with Crippen LogP contribution in [0.3, 0.4) is 0 Å². The summed E-state index contributed by atoms with van der Waals surface area (Å²) in [5, 5.41) is 3.28. The van der Waals surface area contributed by atoms with E-state index < -0.39 is 29.4 Å². The van der Waals surface area contributed by atoms with E-state index in [0.29, 0.717) is 24.9 Å². The second-order valence-electron chi connectivity index (χ2n) is 7.47. The molecule has 0 saturated carbocycles. The second-order valence-corrected chi connectivity index (χ2v) is 7.47. The maximum atomic E-state index is 14.1. The molecule has 29 heavy (non-hydrogen) atoms. The molecule has 0 radical (unpaired) electrons. The molecular weight excluding hydrogens is 379 g/mol. The minimum absolute atomic E-state index is 0.0620. The first-order valence-electron chi connectivity index (χ1n) is 9.40. The van der Waals surface area contributed by atoms with E-state index in [1.807, 2.05) is 18.2 Å². The number of hydrogen-bond donors (Lipinski definition) is 2. The van der Waals surface area contributed by atoms with Gasteiger partial charge in [0.15, 0.2) is 17.5 Å². The third kappa shape index (κ3) is 4.62. The Bertz CT molecular complexity index is 926. The molecule has 1 aliphatic carbocycles. The van der Waals surface area contributed by atoms with Gasteiger partial charge in [0.1, 0.15) is 0 Å². The molecule has 0 heterocycles. The van der Waals surface area contributed by atoms with Gasteiger partial charge in [0, 0.05) is 43.9 Å². The van der Waals surface area contributed by atoms with Gasteiger partial charge in [0.2, 0.25) is 0 Å². The molecule has 0 aliphatic heterocycles. The molecule has 2 aromatic rings. The monoisotopic (exact) mass is 403 g/mol. The van der Waals surface area contributed by atoms with Crippen molar-refractivity contribution >= 4 is 11.6 Å². The van der Waals surface area contributed by atoms with Crippen LogP contribution in [-0.2, 0) is 0 Å². The molecule has 0 bridgehead atoms. The van der Waals surface area contributed by atoms with E-state index in [4.69, 9.17) is 5.73 Å². The molecule has 7 heteroatoms. The van der Waals surface area contributed by atoms with Gasteiger partial charge < -0.3 is 16.0 Å². The summed E-state index contributed by atoms with van der Waals surface area (Å²) in [6, 6.07) is 8.99. The molecule has 3 N–H and O–H groups in total. The van der Waals surface area contributed by atoms with Crippen molar-refractivity contribution in [3.8, 4) is 0 Å². The first kappa shape index (κ1) is 20.9. The third-order valence-corrected chi connectivity index (χ3v) is 5.20. The van der Waals surface area contributed by atoms with E-state index in [2.05, 4.69) is 5.32 Å². The van der Waals surface area contributed by atoms with E-state index >= 15 is 0 Å². The van der Waals surface area contributed by atoms with Crippen LogP contribution in [0.25, 0.3) is 0 Å². The number of nitrogens with one attached hydrogen (secondary N) is 1. The van der Waals surface area contributed by atoms with Crippen LogP contribution < -0.4 is 11.1 Å². The van der Waals surface area contributed by atoms with Crippen LogP contribution in [0.15, 0.2) is 48.0 Å². The largest absolute Gasteiger partial charge is 0.381 e. The zero-order chi connectivity index (χ0) is 21.1. The molecular formula is C22H24F3N3O. The van der Waals surface area contributed by atoms with Crippen LogP contribution >= 0.6 is 0 Å². The summed E-state index contributed by atoms with van der Waals surface area (Å²) in [6.07, 6.45) is 2.94. The highest BCUT2D eigenvalue weighted by Crippen LogP contribution is 2.34. The van der Waals surface area contributed by atoms with Crippen LogP contribution in [-0.4, -0.2) is 37.5 Å². The van der Waals surface area contributed by atoms with Gasteiger partial charge in [-0.05, 0) is 48.7 Å². The van der Waals surface area contributed by atoms with Crippen molar-refractivity contribution in [2.24, 2.45) is 5.73 Å². The summed E-state index contributed by atoms with van der Waals surface area (Å²) in [5.74, 6) is -4.28. The molecule has 2 aromatic carbocycles. The van der Waals surface area contributed by atoms with Crippen molar-refractivity contribution in [1.82, 2.24) is 4.90 Å². The molecule has 0 spiro atoms. The zero-order valence-corrected chi connectivity index (χ0v) is 16.4. The van der Waals surface area contributed by atoms with E-state index in [1.165, 1.54) is 11.0 Å². The van der Waals surface area contributed by atoms with Crippen LogP contribution in [0.2, 0.25) is 0 Å². The fourth-order valence-corrected chi connectivity index (χ4v) is 3.53. The number of allylic oxidation sites excluding steroid dienone is 1. The summed E-state index contributed by atoms with van der Waals surface area (Å²) in [6.45, 7) is 0.557. The Morgan fingerprint density at radius 3 is 2.41 bits per heavy atom. The number of amides is 1. The van der Waals surface area contributed by atoms with Gasteiger partial charge in [-0.25, -0.2) is 13.2 Å². The predicted octanol–water partition coefficient (Wildman–Crippen LogP) is 4.05. The molecule has 1 aliphatic rings. The molecule has 2 unspecified atom stereocenters. The second kappa shape index (κ2) is 8.69.